The van der Waals surface area contributed by atoms with Crippen molar-refractivity contribution in [3.8, 4) is 0 Å². The zero-order valence-electron chi connectivity index (χ0n) is 14.8. The van der Waals surface area contributed by atoms with Crippen LogP contribution >= 0.6 is 0 Å². The zero-order valence-corrected chi connectivity index (χ0v) is 14.8. The summed E-state index contributed by atoms with van der Waals surface area (Å²) in [6, 6.07) is 14.4. The van der Waals surface area contributed by atoms with Gasteiger partial charge in [0.1, 0.15) is 0 Å². The fourth-order valence-electron chi connectivity index (χ4n) is 3.26. The molecule has 1 aromatic heterocycles. The van der Waals surface area contributed by atoms with Crippen LogP contribution in [0.2, 0.25) is 0 Å². The van der Waals surface area contributed by atoms with E-state index in [9.17, 15) is 4.79 Å². The Labute approximate surface area is 149 Å². The summed E-state index contributed by atoms with van der Waals surface area (Å²) in [4.78, 5) is 14.1. The molecule has 0 spiro atoms. The second-order valence-electron chi connectivity index (χ2n) is 6.65. The van der Waals surface area contributed by atoms with Crippen LogP contribution < -0.4 is 10.2 Å². The van der Waals surface area contributed by atoms with E-state index in [0.717, 1.165) is 50.5 Å². The number of carbonyl (C=O) groups excluding carboxylic acids is 1. The number of hydrogen-bond donors (Lipinski definition) is 1. The minimum absolute atomic E-state index is 0.150. The van der Waals surface area contributed by atoms with Gasteiger partial charge in [-0.1, -0.05) is 37.3 Å². The summed E-state index contributed by atoms with van der Waals surface area (Å²) in [5, 5.41) is 11.2. The highest BCUT2D eigenvalue weighted by molar-refractivity contribution is 5.92. The first-order valence-corrected chi connectivity index (χ1v) is 9.17. The number of anilines is 1. The summed E-state index contributed by atoms with van der Waals surface area (Å²) in [6.07, 6.45) is 4.39. The number of nitrogens with zero attached hydrogens (tertiary/aromatic N) is 3. The van der Waals surface area contributed by atoms with Crippen molar-refractivity contribution in [1.82, 2.24) is 15.5 Å². The van der Waals surface area contributed by atoms with Crippen LogP contribution in [0.4, 0.5) is 5.82 Å². The smallest absolute Gasteiger partial charge is 0.271 e. The molecule has 2 heterocycles. The Morgan fingerprint density at radius 3 is 2.52 bits per heavy atom. The number of amides is 1. The molecule has 1 aromatic carbocycles. The molecule has 132 valence electrons. The maximum Gasteiger partial charge on any atom is 0.271 e. The Hall–Kier alpha value is -2.43. The summed E-state index contributed by atoms with van der Waals surface area (Å²) < 4.78 is 0. The molecule has 5 nitrogen and oxygen atoms in total. The Kier molecular flexibility index (Phi) is 5.99. The van der Waals surface area contributed by atoms with Gasteiger partial charge in [-0.15, -0.1) is 10.2 Å². The van der Waals surface area contributed by atoms with Gasteiger partial charge in [0.15, 0.2) is 11.5 Å². The number of rotatable bonds is 6. The highest BCUT2D eigenvalue weighted by Crippen LogP contribution is 2.24. The van der Waals surface area contributed by atoms with Gasteiger partial charge in [-0.3, -0.25) is 4.79 Å². The van der Waals surface area contributed by atoms with Gasteiger partial charge in [-0.25, -0.2) is 0 Å². The number of benzene rings is 1. The molecule has 1 N–H and O–H groups in total. The van der Waals surface area contributed by atoms with Crippen LogP contribution in [0.15, 0.2) is 42.5 Å². The van der Waals surface area contributed by atoms with E-state index in [4.69, 9.17) is 0 Å². The highest BCUT2D eigenvalue weighted by atomic mass is 16.1. The van der Waals surface area contributed by atoms with Gasteiger partial charge in [0, 0.05) is 19.6 Å². The minimum Gasteiger partial charge on any atom is -0.355 e. The maximum atomic E-state index is 11.9. The van der Waals surface area contributed by atoms with E-state index < -0.39 is 0 Å². The Bertz CT molecular complexity index is 664. The lowest BCUT2D eigenvalue weighted by Gasteiger charge is -2.32. The topological polar surface area (TPSA) is 58.1 Å². The van der Waals surface area contributed by atoms with Gasteiger partial charge >= 0.3 is 0 Å². The first kappa shape index (κ1) is 17.4. The van der Waals surface area contributed by atoms with Crippen LogP contribution in [-0.4, -0.2) is 35.7 Å². The van der Waals surface area contributed by atoms with E-state index in [2.05, 4.69) is 50.7 Å². The maximum absolute atomic E-state index is 11.9. The lowest BCUT2D eigenvalue weighted by atomic mass is 9.90. The van der Waals surface area contributed by atoms with Crippen molar-refractivity contribution < 1.29 is 4.79 Å². The third kappa shape index (κ3) is 4.78. The molecule has 3 rings (SSSR count). The highest BCUT2D eigenvalue weighted by Gasteiger charge is 2.21. The summed E-state index contributed by atoms with van der Waals surface area (Å²) >= 11 is 0. The SMILES string of the molecule is CCCNC(=O)c1ccc(N2CCC(Cc3ccccc3)CC2)nn1. The Balaban J connectivity index is 1.51. The second-order valence-corrected chi connectivity index (χ2v) is 6.65. The van der Waals surface area contributed by atoms with Gasteiger partial charge < -0.3 is 10.2 Å². The molecule has 1 aliphatic rings. The predicted octanol–water partition coefficient (Wildman–Crippen LogP) is 3.08. The largest absolute Gasteiger partial charge is 0.355 e. The fourth-order valence-corrected chi connectivity index (χ4v) is 3.26. The molecule has 1 fully saturated rings. The van der Waals surface area contributed by atoms with E-state index in [1.165, 1.54) is 5.56 Å². The lowest BCUT2D eigenvalue weighted by Crippen LogP contribution is -2.35. The molecular formula is C20H26N4O. The minimum atomic E-state index is -0.150. The van der Waals surface area contributed by atoms with Crippen LogP contribution in [0.1, 0.15) is 42.2 Å². The van der Waals surface area contributed by atoms with Crippen LogP contribution in [0.5, 0.6) is 0 Å². The summed E-state index contributed by atoms with van der Waals surface area (Å²) in [5.41, 5.74) is 1.80. The Morgan fingerprint density at radius 1 is 1.12 bits per heavy atom. The molecule has 0 atom stereocenters. The van der Waals surface area contributed by atoms with Crippen molar-refractivity contribution in [3.05, 3.63) is 53.7 Å². The fraction of sp³-hybridized carbons (Fsp3) is 0.450. The van der Waals surface area contributed by atoms with E-state index >= 15 is 0 Å². The first-order chi connectivity index (χ1) is 12.3. The van der Waals surface area contributed by atoms with E-state index in [0.29, 0.717) is 12.2 Å². The van der Waals surface area contributed by atoms with Gasteiger partial charge in [0.05, 0.1) is 0 Å². The number of nitrogens with one attached hydrogen (secondary N) is 1. The summed E-state index contributed by atoms with van der Waals surface area (Å²) in [6.45, 7) is 4.68. The average Bonchev–Trinajstić information content (AvgIpc) is 2.68. The number of aromatic nitrogens is 2. The molecule has 0 unspecified atom stereocenters. The number of hydrogen-bond acceptors (Lipinski definition) is 4. The van der Waals surface area contributed by atoms with Gasteiger partial charge in [0.25, 0.3) is 5.91 Å². The summed E-state index contributed by atoms with van der Waals surface area (Å²) in [5.74, 6) is 1.44. The van der Waals surface area contributed by atoms with E-state index in [1.807, 2.05) is 13.0 Å². The average molecular weight is 338 g/mol. The van der Waals surface area contributed by atoms with Gasteiger partial charge in [-0.05, 0) is 49.3 Å². The molecular weight excluding hydrogens is 312 g/mol. The molecule has 1 aliphatic heterocycles. The molecule has 0 bridgehead atoms. The Morgan fingerprint density at radius 2 is 1.88 bits per heavy atom. The zero-order chi connectivity index (χ0) is 17.5. The molecule has 0 aliphatic carbocycles. The van der Waals surface area contributed by atoms with Crippen molar-refractivity contribution in [2.24, 2.45) is 5.92 Å². The van der Waals surface area contributed by atoms with E-state index in [1.54, 1.807) is 6.07 Å². The number of carbonyl (C=O) groups is 1. The summed E-state index contributed by atoms with van der Waals surface area (Å²) in [7, 11) is 0. The molecule has 25 heavy (non-hydrogen) atoms. The van der Waals surface area contributed by atoms with Gasteiger partial charge in [-0.2, -0.15) is 0 Å². The number of piperidine rings is 1. The van der Waals surface area contributed by atoms with Crippen molar-refractivity contribution in [3.63, 3.8) is 0 Å². The molecule has 2 aromatic rings. The normalized spacial score (nSPS) is 15.2. The first-order valence-electron chi connectivity index (χ1n) is 9.17. The van der Waals surface area contributed by atoms with Crippen molar-refractivity contribution >= 4 is 11.7 Å². The monoisotopic (exact) mass is 338 g/mol. The quantitative estimate of drug-likeness (QED) is 0.879. The van der Waals surface area contributed by atoms with Crippen LogP contribution in [0, 0.1) is 5.92 Å². The van der Waals surface area contributed by atoms with Gasteiger partial charge in [0.2, 0.25) is 0 Å². The standard InChI is InChI=1S/C20H26N4O/c1-2-12-21-20(25)18-8-9-19(23-22-18)24-13-10-17(11-14-24)15-16-6-4-3-5-7-16/h3-9,17H,2,10-15H2,1H3,(H,21,25). The third-order valence-electron chi connectivity index (χ3n) is 4.72. The molecule has 1 amide bonds. The lowest BCUT2D eigenvalue weighted by molar-refractivity contribution is 0.0947. The third-order valence-corrected chi connectivity index (χ3v) is 4.72. The van der Waals surface area contributed by atoms with Crippen LogP contribution in [0.25, 0.3) is 0 Å². The van der Waals surface area contributed by atoms with E-state index in [-0.39, 0.29) is 5.91 Å². The van der Waals surface area contributed by atoms with Crippen LogP contribution in [0.3, 0.4) is 0 Å². The van der Waals surface area contributed by atoms with Crippen LogP contribution in [-0.2, 0) is 6.42 Å². The van der Waals surface area contributed by atoms with Crippen molar-refractivity contribution in [2.45, 2.75) is 32.6 Å². The molecule has 0 radical (unpaired) electrons. The molecule has 5 heteroatoms. The predicted molar refractivity (Wildman–Crippen MR) is 99.7 cm³/mol. The van der Waals surface area contributed by atoms with Crippen molar-refractivity contribution in [1.29, 1.82) is 0 Å². The van der Waals surface area contributed by atoms with Crippen molar-refractivity contribution in [2.75, 3.05) is 24.5 Å². The second kappa shape index (κ2) is 8.60. The molecule has 1 saturated heterocycles. The molecule has 0 saturated carbocycles.